The van der Waals surface area contributed by atoms with E-state index in [0.29, 0.717) is 38.6 Å². The number of aromatic nitrogens is 2. The van der Waals surface area contributed by atoms with Gasteiger partial charge in [-0.25, -0.2) is 4.98 Å². The van der Waals surface area contributed by atoms with Crippen molar-refractivity contribution < 1.29 is 9.53 Å². The van der Waals surface area contributed by atoms with Crippen molar-refractivity contribution in [3.63, 3.8) is 0 Å². The van der Waals surface area contributed by atoms with Gasteiger partial charge in [0.2, 0.25) is 0 Å². The minimum absolute atomic E-state index is 0.149. The average Bonchev–Trinajstić information content (AvgIpc) is 3.20. The zero-order chi connectivity index (χ0) is 23.5. The first-order chi connectivity index (χ1) is 16.6. The Hall–Kier alpha value is -4.23. The van der Waals surface area contributed by atoms with Crippen LogP contribution in [0.1, 0.15) is 20.8 Å². The minimum atomic E-state index is -0.272. The third-order valence-electron chi connectivity index (χ3n) is 5.41. The van der Waals surface area contributed by atoms with Crippen LogP contribution in [0.2, 0.25) is 0 Å². The highest BCUT2D eigenvalue weighted by molar-refractivity contribution is 7.20. The molecule has 3 aromatic carbocycles. The molecule has 5 aromatic rings. The summed E-state index contributed by atoms with van der Waals surface area (Å²) < 4.78 is 7.37. The second kappa shape index (κ2) is 9.33. The van der Waals surface area contributed by atoms with E-state index in [4.69, 9.17) is 4.74 Å². The van der Waals surface area contributed by atoms with E-state index in [1.54, 1.807) is 42.1 Å². The van der Waals surface area contributed by atoms with Crippen LogP contribution in [-0.4, -0.2) is 15.5 Å². The lowest BCUT2D eigenvalue weighted by atomic mass is 10.2. The van der Waals surface area contributed by atoms with Crippen LogP contribution in [0.3, 0.4) is 0 Å². The van der Waals surface area contributed by atoms with E-state index in [2.05, 4.69) is 10.3 Å². The number of carbonyl (C=O) groups excluding carboxylic acids is 1. The first-order valence-electron chi connectivity index (χ1n) is 10.8. The number of hydrogen-bond donors (Lipinski definition) is 1. The molecule has 0 unspecified atom stereocenters. The first-order valence-corrected chi connectivity index (χ1v) is 11.6. The summed E-state index contributed by atoms with van der Waals surface area (Å²) in [7, 11) is 0. The predicted octanol–water partition coefficient (Wildman–Crippen LogP) is 5.86. The molecule has 168 valence electrons. The minimum Gasteiger partial charge on any atom is -0.457 e. The summed E-state index contributed by atoms with van der Waals surface area (Å²) in [5.74, 6) is 1.14. The molecule has 0 saturated heterocycles. The van der Waals surface area contributed by atoms with Gasteiger partial charge in [-0.1, -0.05) is 48.5 Å². The molecule has 5 rings (SSSR count). The van der Waals surface area contributed by atoms with Crippen molar-refractivity contribution >= 4 is 33.1 Å². The molecular weight excluding hydrogens is 446 g/mol. The van der Waals surface area contributed by atoms with Crippen molar-refractivity contribution in [3.05, 3.63) is 118 Å². The summed E-state index contributed by atoms with van der Waals surface area (Å²) in [6, 6.07) is 26.4. The fourth-order valence-electron chi connectivity index (χ4n) is 3.69. The van der Waals surface area contributed by atoms with E-state index >= 15 is 0 Å². The number of para-hydroxylation sites is 1. The van der Waals surface area contributed by atoms with Gasteiger partial charge >= 0.3 is 0 Å². The lowest BCUT2D eigenvalue weighted by Gasteiger charge is -2.08. The number of nitrogens with one attached hydrogen (secondary N) is 1. The molecule has 2 aromatic heterocycles. The van der Waals surface area contributed by atoms with E-state index in [0.717, 1.165) is 11.3 Å². The summed E-state index contributed by atoms with van der Waals surface area (Å²) >= 11 is 1.22. The molecule has 1 N–H and O–H groups in total. The Bertz CT molecular complexity index is 1510. The van der Waals surface area contributed by atoms with Crippen LogP contribution in [0.15, 0.2) is 96.1 Å². The molecule has 2 heterocycles. The molecule has 7 heteroatoms. The van der Waals surface area contributed by atoms with Gasteiger partial charge in [0, 0.05) is 5.69 Å². The second-order valence-corrected chi connectivity index (χ2v) is 8.79. The second-order valence-electron chi connectivity index (χ2n) is 7.79. The van der Waals surface area contributed by atoms with Gasteiger partial charge < -0.3 is 10.1 Å². The zero-order valence-electron chi connectivity index (χ0n) is 18.4. The number of rotatable bonds is 6. The normalized spacial score (nSPS) is 10.9. The van der Waals surface area contributed by atoms with Gasteiger partial charge in [-0.15, -0.1) is 11.3 Å². The largest absolute Gasteiger partial charge is 0.457 e. The fourth-order valence-corrected chi connectivity index (χ4v) is 4.72. The molecule has 0 atom stereocenters. The maximum absolute atomic E-state index is 13.1. The molecule has 0 bridgehead atoms. The summed E-state index contributed by atoms with van der Waals surface area (Å²) in [5, 5.41) is 3.39. The molecule has 6 nitrogen and oxygen atoms in total. The number of hydrogen-bond acceptors (Lipinski definition) is 5. The smallest absolute Gasteiger partial charge is 0.266 e. The summed E-state index contributed by atoms with van der Waals surface area (Å²) in [6.45, 7) is 2.22. The molecular formula is C27H21N3O3S. The highest BCUT2D eigenvalue weighted by Crippen LogP contribution is 2.28. The topological polar surface area (TPSA) is 73.2 Å². The Balaban J connectivity index is 1.35. The molecule has 34 heavy (non-hydrogen) atoms. The molecule has 0 saturated carbocycles. The third-order valence-corrected chi connectivity index (χ3v) is 6.61. The highest BCUT2D eigenvalue weighted by atomic mass is 32.1. The average molecular weight is 468 g/mol. The molecule has 0 spiro atoms. The SMILES string of the molecule is Cc1c(C(=O)Nc2ccc(Oc3ccccc3)cc2)sc2ncn(Cc3ccccc3)c(=O)c12. The Labute approximate surface area is 200 Å². The number of nitrogens with zero attached hydrogens (tertiary/aromatic N) is 2. The van der Waals surface area contributed by atoms with Crippen LogP contribution in [0.4, 0.5) is 5.69 Å². The zero-order valence-corrected chi connectivity index (χ0v) is 19.2. The number of thiophene rings is 1. The van der Waals surface area contributed by atoms with Crippen molar-refractivity contribution in [2.24, 2.45) is 0 Å². The standard InChI is InChI=1S/C27H21N3O3S/c1-18-23-26(28-17-30(27(23)32)16-19-8-4-2-5-9-19)34-24(18)25(31)29-20-12-14-22(15-13-20)33-21-10-6-3-7-11-21/h2-15,17H,16H2,1H3,(H,29,31). The Morgan fingerprint density at radius 2 is 1.59 bits per heavy atom. The van der Waals surface area contributed by atoms with Crippen LogP contribution in [-0.2, 0) is 6.54 Å². The van der Waals surface area contributed by atoms with Gasteiger partial charge in [-0.2, -0.15) is 0 Å². The number of fused-ring (bicyclic) bond motifs is 1. The van der Waals surface area contributed by atoms with Crippen molar-refractivity contribution in [1.29, 1.82) is 0 Å². The number of benzene rings is 3. The number of ether oxygens (including phenoxy) is 1. The fraction of sp³-hybridized carbons (Fsp3) is 0.0741. The van der Waals surface area contributed by atoms with E-state index in [1.165, 1.54) is 11.3 Å². The van der Waals surface area contributed by atoms with Crippen LogP contribution in [0.5, 0.6) is 11.5 Å². The highest BCUT2D eigenvalue weighted by Gasteiger charge is 2.19. The molecule has 0 aliphatic heterocycles. The van der Waals surface area contributed by atoms with E-state index in [9.17, 15) is 9.59 Å². The lowest BCUT2D eigenvalue weighted by molar-refractivity contribution is 0.103. The van der Waals surface area contributed by atoms with Crippen molar-refractivity contribution in [3.8, 4) is 11.5 Å². The molecule has 1 amide bonds. The molecule has 0 fully saturated rings. The summed E-state index contributed by atoms with van der Waals surface area (Å²) in [5.41, 5.74) is 2.14. The van der Waals surface area contributed by atoms with E-state index in [-0.39, 0.29) is 11.5 Å². The summed E-state index contributed by atoms with van der Waals surface area (Å²) in [6.07, 6.45) is 1.54. The summed E-state index contributed by atoms with van der Waals surface area (Å²) in [4.78, 5) is 31.6. The van der Waals surface area contributed by atoms with Crippen molar-refractivity contribution in [2.75, 3.05) is 5.32 Å². The first kappa shape index (κ1) is 21.6. The maximum atomic E-state index is 13.1. The maximum Gasteiger partial charge on any atom is 0.266 e. The molecule has 0 aliphatic carbocycles. The van der Waals surface area contributed by atoms with Crippen molar-refractivity contribution in [2.45, 2.75) is 13.5 Å². The Morgan fingerprint density at radius 1 is 0.941 bits per heavy atom. The van der Waals surface area contributed by atoms with Crippen LogP contribution >= 0.6 is 11.3 Å². The Morgan fingerprint density at radius 3 is 2.29 bits per heavy atom. The number of carbonyl (C=O) groups is 1. The lowest BCUT2D eigenvalue weighted by Crippen LogP contribution is -2.21. The van der Waals surface area contributed by atoms with Crippen LogP contribution < -0.4 is 15.6 Å². The monoisotopic (exact) mass is 467 g/mol. The predicted molar refractivity (Wildman–Crippen MR) is 135 cm³/mol. The van der Waals surface area contributed by atoms with Gasteiger partial charge in [0.05, 0.1) is 23.1 Å². The Kier molecular flexibility index (Phi) is 5.93. The number of anilines is 1. The van der Waals surface area contributed by atoms with Crippen LogP contribution in [0.25, 0.3) is 10.2 Å². The van der Waals surface area contributed by atoms with Crippen LogP contribution in [0, 0.1) is 6.92 Å². The van der Waals surface area contributed by atoms with Gasteiger partial charge in [-0.05, 0) is 54.4 Å². The van der Waals surface area contributed by atoms with Gasteiger partial charge in [0.1, 0.15) is 16.3 Å². The molecule has 0 radical (unpaired) electrons. The van der Waals surface area contributed by atoms with E-state index < -0.39 is 0 Å². The molecule has 0 aliphatic rings. The number of aryl methyl sites for hydroxylation is 1. The van der Waals surface area contributed by atoms with E-state index in [1.807, 2.05) is 60.7 Å². The van der Waals surface area contributed by atoms with Crippen molar-refractivity contribution in [1.82, 2.24) is 9.55 Å². The van der Waals surface area contributed by atoms with Gasteiger partial charge in [-0.3, -0.25) is 14.2 Å². The third kappa shape index (κ3) is 4.46. The van der Waals surface area contributed by atoms with Gasteiger partial charge in [0.25, 0.3) is 11.5 Å². The number of amides is 1. The van der Waals surface area contributed by atoms with Gasteiger partial charge in [0.15, 0.2) is 0 Å². The quantitative estimate of drug-likeness (QED) is 0.340.